The number of nitrogens with zero attached hydrogens (tertiary/aromatic N) is 1. The van der Waals surface area contributed by atoms with Gasteiger partial charge >= 0.3 is 0 Å². The van der Waals surface area contributed by atoms with Crippen molar-refractivity contribution in [1.29, 1.82) is 0 Å². The summed E-state index contributed by atoms with van der Waals surface area (Å²) in [6.07, 6.45) is 3.77. The van der Waals surface area contributed by atoms with E-state index in [1.807, 2.05) is 25.1 Å². The van der Waals surface area contributed by atoms with Gasteiger partial charge in [-0.1, -0.05) is 23.7 Å². The van der Waals surface area contributed by atoms with Gasteiger partial charge in [0, 0.05) is 29.6 Å². The molecule has 2 aromatic carbocycles. The summed E-state index contributed by atoms with van der Waals surface area (Å²) >= 11 is 6.02. The predicted molar refractivity (Wildman–Crippen MR) is 118 cm³/mol. The predicted octanol–water partition coefficient (Wildman–Crippen LogP) is 3.65. The Hall–Kier alpha value is -2.87. The van der Waals surface area contributed by atoms with Crippen molar-refractivity contribution in [3.05, 3.63) is 65.4 Å². The lowest BCUT2D eigenvalue weighted by molar-refractivity contribution is -0.117. The summed E-state index contributed by atoms with van der Waals surface area (Å²) in [6.45, 7) is 3.36. The van der Waals surface area contributed by atoms with Crippen molar-refractivity contribution in [2.45, 2.75) is 19.4 Å². The number of hydrogen-bond donors (Lipinski definition) is 3. The number of amides is 1. The summed E-state index contributed by atoms with van der Waals surface area (Å²) in [6, 6.07) is 12.0. The molecule has 7 nitrogen and oxygen atoms in total. The van der Waals surface area contributed by atoms with E-state index in [9.17, 15) is 4.79 Å². The first kappa shape index (κ1) is 21.8. The van der Waals surface area contributed by atoms with E-state index < -0.39 is 6.04 Å². The first-order valence-electron chi connectivity index (χ1n) is 9.72. The normalized spacial score (nSPS) is 11.8. The fourth-order valence-corrected chi connectivity index (χ4v) is 3.13. The van der Waals surface area contributed by atoms with Crippen LogP contribution >= 0.6 is 11.6 Å². The Morgan fingerprint density at radius 3 is 2.87 bits per heavy atom. The number of carbonyl (C=O) groups is 1. The zero-order valence-corrected chi connectivity index (χ0v) is 17.5. The Kier molecular flexibility index (Phi) is 7.84. The van der Waals surface area contributed by atoms with E-state index in [0.29, 0.717) is 48.5 Å². The third-order valence-corrected chi connectivity index (χ3v) is 4.61. The third-order valence-electron chi connectivity index (χ3n) is 4.38. The van der Waals surface area contributed by atoms with Crippen LogP contribution in [0, 0.1) is 0 Å². The van der Waals surface area contributed by atoms with Gasteiger partial charge in [-0.25, -0.2) is 4.98 Å². The van der Waals surface area contributed by atoms with E-state index >= 15 is 0 Å². The summed E-state index contributed by atoms with van der Waals surface area (Å²) in [4.78, 5) is 20.1. The number of anilines is 1. The highest BCUT2D eigenvalue weighted by Gasteiger charge is 2.17. The average molecular weight is 429 g/mol. The van der Waals surface area contributed by atoms with Crippen molar-refractivity contribution in [2.75, 3.05) is 25.1 Å². The van der Waals surface area contributed by atoms with Gasteiger partial charge in [-0.05, 0) is 49.2 Å². The van der Waals surface area contributed by atoms with Gasteiger partial charge in [0.25, 0.3) is 0 Å². The third kappa shape index (κ3) is 6.06. The van der Waals surface area contributed by atoms with Crippen molar-refractivity contribution in [3.63, 3.8) is 0 Å². The van der Waals surface area contributed by atoms with Crippen LogP contribution in [0.25, 0.3) is 11.4 Å². The largest absolute Gasteiger partial charge is 0.489 e. The van der Waals surface area contributed by atoms with Crippen molar-refractivity contribution < 1.29 is 14.3 Å². The Bertz CT molecular complexity index is 963. The molecule has 0 aliphatic carbocycles. The van der Waals surface area contributed by atoms with Gasteiger partial charge in [0.1, 0.15) is 18.2 Å². The molecule has 1 amide bonds. The second kappa shape index (κ2) is 10.8. The molecule has 0 saturated carbocycles. The van der Waals surface area contributed by atoms with Gasteiger partial charge in [0.2, 0.25) is 5.91 Å². The van der Waals surface area contributed by atoms with E-state index in [-0.39, 0.29) is 5.91 Å². The van der Waals surface area contributed by atoms with Crippen LogP contribution in [0.15, 0.2) is 54.9 Å². The topological polar surface area (TPSA) is 102 Å². The van der Waals surface area contributed by atoms with Crippen molar-refractivity contribution in [3.8, 4) is 17.1 Å². The molecule has 0 unspecified atom stereocenters. The summed E-state index contributed by atoms with van der Waals surface area (Å²) in [5.74, 6) is 0.907. The minimum atomic E-state index is -0.744. The van der Waals surface area contributed by atoms with Gasteiger partial charge in [0.15, 0.2) is 0 Å². The number of aromatic nitrogens is 2. The lowest BCUT2D eigenvalue weighted by Crippen LogP contribution is -2.37. The molecular weight excluding hydrogens is 404 g/mol. The summed E-state index contributed by atoms with van der Waals surface area (Å²) in [5, 5.41) is 3.49. The van der Waals surface area contributed by atoms with Crippen molar-refractivity contribution in [2.24, 2.45) is 5.73 Å². The number of aromatic amines is 1. The van der Waals surface area contributed by atoms with Crippen LogP contribution in [-0.2, 0) is 16.0 Å². The monoisotopic (exact) mass is 428 g/mol. The van der Waals surface area contributed by atoms with E-state index in [1.54, 1.807) is 36.7 Å². The Labute approximate surface area is 180 Å². The van der Waals surface area contributed by atoms with Crippen LogP contribution in [0.4, 0.5) is 5.69 Å². The number of ether oxygens (including phenoxy) is 2. The molecular formula is C22H25ClN4O3. The average Bonchev–Trinajstić information content (AvgIpc) is 3.27. The van der Waals surface area contributed by atoms with E-state index in [1.165, 1.54) is 0 Å². The Morgan fingerprint density at radius 2 is 2.13 bits per heavy atom. The maximum Gasteiger partial charge on any atom is 0.241 e. The zero-order valence-electron chi connectivity index (χ0n) is 16.7. The van der Waals surface area contributed by atoms with Crippen molar-refractivity contribution >= 4 is 23.2 Å². The fourth-order valence-electron chi connectivity index (χ4n) is 2.91. The maximum absolute atomic E-state index is 12.8. The first-order chi connectivity index (χ1) is 14.6. The van der Waals surface area contributed by atoms with E-state index in [4.69, 9.17) is 26.8 Å². The molecule has 0 spiro atoms. The fraction of sp³-hybridized carbons (Fsp3) is 0.273. The van der Waals surface area contributed by atoms with Crippen LogP contribution in [0.3, 0.4) is 0 Å². The lowest BCUT2D eigenvalue weighted by atomic mass is 10.1. The maximum atomic E-state index is 12.8. The molecule has 4 N–H and O–H groups in total. The van der Waals surface area contributed by atoms with Gasteiger partial charge < -0.3 is 25.5 Å². The van der Waals surface area contributed by atoms with Gasteiger partial charge in [-0.3, -0.25) is 4.79 Å². The van der Waals surface area contributed by atoms with Crippen LogP contribution < -0.4 is 15.8 Å². The summed E-state index contributed by atoms with van der Waals surface area (Å²) < 4.78 is 11.1. The van der Waals surface area contributed by atoms with Gasteiger partial charge in [-0.2, -0.15) is 0 Å². The Balaban J connectivity index is 1.75. The minimum Gasteiger partial charge on any atom is -0.489 e. The molecule has 0 saturated heterocycles. The number of nitrogens with two attached hydrogens (primary N) is 1. The quantitative estimate of drug-likeness (QED) is 0.428. The molecule has 8 heteroatoms. The molecule has 30 heavy (non-hydrogen) atoms. The second-order valence-electron chi connectivity index (χ2n) is 6.62. The molecule has 0 radical (unpaired) electrons. The highest BCUT2D eigenvalue weighted by atomic mass is 35.5. The van der Waals surface area contributed by atoms with Crippen molar-refractivity contribution in [1.82, 2.24) is 9.97 Å². The van der Waals surface area contributed by atoms with Gasteiger partial charge in [0.05, 0.1) is 18.3 Å². The molecule has 1 aromatic heterocycles. The van der Waals surface area contributed by atoms with Crippen LogP contribution in [0.2, 0.25) is 5.02 Å². The first-order valence-corrected chi connectivity index (χ1v) is 10.1. The highest BCUT2D eigenvalue weighted by Crippen LogP contribution is 2.30. The summed E-state index contributed by atoms with van der Waals surface area (Å²) in [5.41, 5.74) is 8.36. The molecule has 158 valence electrons. The number of H-pyrrole nitrogens is 1. The second-order valence-corrected chi connectivity index (χ2v) is 7.06. The van der Waals surface area contributed by atoms with Gasteiger partial charge in [-0.15, -0.1) is 0 Å². The molecule has 1 heterocycles. The number of halogens is 1. The lowest BCUT2D eigenvalue weighted by Gasteiger charge is -2.16. The molecule has 1 atom stereocenters. The number of hydrogen-bond acceptors (Lipinski definition) is 5. The van der Waals surface area contributed by atoms with Crippen LogP contribution in [-0.4, -0.2) is 41.7 Å². The molecule has 0 aliphatic rings. The SMILES string of the molecule is CCOCCOc1ccc(-c2ncc[nH]2)cc1NC(=O)[C@@H](N)Cc1cccc(Cl)c1. The molecule has 0 fully saturated rings. The Morgan fingerprint density at radius 1 is 1.27 bits per heavy atom. The number of carbonyl (C=O) groups excluding carboxylic acids is 1. The molecule has 0 bridgehead atoms. The molecule has 3 aromatic rings. The number of benzene rings is 2. The highest BCUT2D eigenvalue weighted by molar-refractivity contribution is 6.30. The summed E-state index contributed by atoms with van der Waals surface area (Å²) in [7, 11) is 0. The zero-order chi connectivity index (χ0) is 21.3. The molecule has 0 aliphatic heterocycles. The van der Waals surface area contributed by atoms with E-state index in [2.05, 4.69) is 15.3 Å². The van der Waals surface area contributed by atoms with E-state index in [0.717, 1.165) is 11.1 Å². The smallest absolute Gasteiger partial charge is 0.241 e. The number of imidazole rings is 1. The standard InChI is InChI=1S/C22H25ClN4O3/c1-2-29-10-11-30-20-7-6-16(21-25-8-9-26-21)14-19(20)27-22(28)18(24)13-15-4-3-5-17(23)12-15/h3-9,12,14,18H,2,10-11,13,24H2,1H3,(H,25,26)(H,27,28)/t18-/m0/s1. The number of rotatable bonds is 10. The number of nitrogens with one attached hydrogen (secondary N) is 2. The molecule has 3 rings (SSSR count). The van der Waals surface area contributed by atoms with Crippen LogP contribution in [0.5, 0.6) is 5.75 Å². The minimum absolute atomic E-state index is 0.318. The van der Waals surface area contributed by atoms with Crippen LogP contribution in [0.1, 0.15) is 12.5 Å².